The van der Waals surface area contributed by atoms with Crippen LogP contribution in [0.1, 0.15) is 49.2 Å². The summed E-state index contributed by atoms with van der Waals surface area (Å²) in [7, 11) is 1.52. The second-order valence-corrected chi connectivity index (χ2v) is 5.13. The van der Waals surface area contributed by atoms with Gasteiger partial charge in [-0.25, -0.2) is 4.79 Å². The van der Waals surface area contributed by atoms with Crippen LogP contribution in [0.5, 0.6) is 5.75 Å². The second kappa shape index (κ2) is 4.78. The van der Waals surface area contributed by atoms with Crippen LogP contribution in [0.2, 0.25) is 0 Å². The minimum Gasteiger partial charge on any atom is -0.496 e. The summed E-state index contributed by atoms with van der Waals surface area (Å²) in [6, 6.07) is 3.72. The second-order valence-electron chi connectivity index (χ2n) is 5.13. The van der Waals surface area contributed by atoms with Crippen LogP contribution in [-0.4, -0.2) is 18.2 Å². The van der Waals surface area contributed by atoms with Crippen LogP contribution in [0.4, 0.5) is 0 Å². The predicted molar refractivity (Wildman–Crippen MR) is 68.0 cm³/mol. The zero-order valence-electron chi connectivity index (χ0n) is 11.1. The average Bonchev–Trinajstić information content (AvgIpc) is 2.25. The molecule has 0 atom stereocenters. The van der Waals surface area contributed by atoms with Crippen molar-refractivity contribution in [2.45, 2.75) is 39.5 Å². The fourth-order valence-electron chi connectivity index (χ4n) is 1.83. The molecule has 1 N–H and O–H groups in total. The molecule has 1 rings (SSSR count). The van der Waals surface area contributed by atoms with Crippen LogP contribution in [-0.2, 0) is 11.8 Å². The van der Waals surface area contributed by atoms with Gasteiger partial charge < -0.3 is 9.84 Å². The van der Waals surface area contributed by atoms with E-state index in [4.69, 9.17) is 4.74 Å². The molecule has 3 heteroatoms. The van der Waals surface area contributed by atoms with E-state index in [0.717, 1.165) is 17.5 Å². The standard InChI is InChI=1S/C14H20O3/c1-6-9-7-10(13(15)16)12(17-5)11(8-9)14(2,3)4/h7-8H,6H2,1-5H3,(H,15,16). The molecule has 0 radical (unpaired) electrons. The Bertz CT molecular complexity index is 428. The van der Waals surface area contributed by atoms with Crippen LogP contribution in [0.15, 0.2) is 12.1 Å². The number of hydrogen-bond acceptors (Lipinski definition) is 2. The number of aromatic carboxylic acids is 1. The molecule has 3 nitrogen and oxygen atoms in total. The molecule has 0 spiro atoms. The van der Waals surface area contributed by atoms with E-state index in [1.54, 1.807) is 6.07 Å². The van der Waals surface area contributed by atoms with Gasteiger partial charge in [-0.05, 0) is 23.5 Å². The molecule has 0 saturated heterocycles. The lowest BCUT2D eigenvalue weighted by Gasteiger charge is -2.24. The van der Waals surface area contributed by atoms with Crippen LogP contribution >= 0.6 is 0 Å². The van der Waals surface area contributed by atoms with Gasteiger partial charge in [-0.15, -0.1) is 0 Å². The van der Waals surface area contributed by atoms with E-state index >= 15 is 0 Å². The van der Waals surface area contributed by atoms with Gasteiger partial charge in [0.25, 0.3) is 0 Å². The lowest BCUT2D eigenvalue weighted by atomic mass is 9.83. The summed E-state index contributed by atoms with van der Waals surface area (Å²) >= 11 is 0. The molecule has 0 bridgehead atoms. The van der Waals surface area contributed by atoms with E-state index in [0.29, 0.717) is 5.75 Å². The molecule has 94 valence electrons. The van der Waals surface area contributed by atoms with Gasteiger partial charge in [0.1, 0.15) is 11.3 Å². The summed E-state index contributed by atoms with van der Waals surface area (Å²) < 4.78 is 5.28. The number of rotatable bonds is 3. The highest BCUT2D eigenvalue weighted by atomic mass is 16.5. The maximum absolute atomic E-state index is 11.2. The quantitative estimate of drug-likeness (QED) is 0.876. The van der Waals surface area contributed by atoms with Crippen molar-refractivity contribution in [3.63, 3.8) is 0 Å². The topological polar surface area (TPSA) is 46.5 Å². The van der Waals surface area contributed by atoms with Gasteiger partial charge in [-0.1, -0.05) is 33.8 Å². The molecular weight excluding hydrogens is 216 g/mol. The molecule has 17 heavy (non-hydrogen) atoms. The summed E-state index contributed by atoms with van der Waals surface area (Å²) in [5.74, 6) is -0.468. The van der Waals surface area contributed by atoms with Crippen molar-refractivity contribution in [3.8, 4) is 5.75 Å². The van der Waals surface area contributed by atoms with Gasteiger partial charge in [-0.2, -0.15) is 0 Å². The van der Waals surface area contributed by atoms with Crippen molar-refractivity contribution < 1.29 is 14.6 Å². The van der Waals surface area contributed by atoms with Crippen molar-refractivity contribution in [1.29, 1.82) is 0 Å². The molecule has 0 aliphatic carbocycles. The highest BCUT2D eigenvalue weighted by molar-refractivity contribution is 5.92. The first kappa shape index (κ1) is 13.6. The Morgan fingerprint density at radius 2 is 1.94 bits per heavy atom. The Kier molecular flexibility index (Phi) is 3.81. The van der Waals surface area contributed by atoms with E-state index in [2.05, 4.69) is 20.8 Å². The van der Waals surface area contributed by atoms with Crippen molar-refractivity contribution in [1.82, 2.24) is 0 Å². The molecule has 1 aromatic carbocycles. The Morgan fingerprint density at radius 3 is 2.29 bits per heavy atom. The number of ether oxygens (including phenoxy) is 1. The fourth-order valence-corrected chi connectivity index (χ4v) is 1.83. The van der Waals surface area contributed by atoms with Gasteiger partial charge in [0.05, 0.1) is 7.11 Å². The number of carboxylic acid groups (broad SMARTS) is 1. The van der Waals surface area contributed by atoms with Gasteiger partial charge >= 0.3 is 5.97 Å². The van der Waals surface area contributed by atoms with E-state index in [1.807, 2.05) is 13.0 Å². The molecule has 0 unspecified atom stereocenters. The molecule has 0 aliphatic heterocycles. The molecule has 0 saturated carbocycles. The third-order valence-electron chi connectivity index (χ3n) is 2.80. The number of carboxylic acids is 1. The number of hydrogen-bond donors (Lipinski definition) is 1. The lowest BCUT2D eigenvalue weighted by molar-refractivity contribution is 0.0693. The Balaban J connectivity index is 3.56. The summed E-state index contributed by atoms with van der Waals surface area (Å²) in [6.45, 7) is 8.17. The van der Waals surface area contributed by atoms with E-state index in [9.17, 15) is 9.90 Å². The first-order valence-electron chi connectivity index (χ1n) is 5.76. The highest BCUT2D eigenvalue weighted by Gasteiger charge is 2.24. The van der Waals surface area contributed by atoms with Crippen LogP contribution in [0.3, 0.4) is 0 Å². The zero-order valence-corrected chi connectivity index (χ0v) is 11.1. The fraction of sp³-hybridized carbons (Fsp3) is 0.500. The van der Waals surface area contributed by atoms with Crippen molar-refractivity contribution in [3.05, 3.63) is 28.8 Å². The molecular formula is C14H20O3. The number of methoxy groups -OCH3 is 1. The first-order chi connectivity index (χ1) is 7.81. The molecule has 0 fully saturated rings. The third kappa shape index (κ3) is 2.78. The lowest BCUT2D eigenvalue weighted by Crippen LogP contribution is -2.16. The van der Waals surface area contributed by atoms with Crippen molar-refractivity contribution in [2.75, 3.05) is 7.11 Å². The van der Waals surface area contributed by atoms with Crippen LogP contribution in [0, 0.1) is 0 Å². The monoisotopic (exact) mass is 236 g/mol. The van der Waals surface area contributed by atoms with Crippen LogP contribution < -0.4 is 4.74 Å². The maximum atomic E-state index is 11.2. The van der Waals surface area contributed by atoms with Gasteiger partial charge in [-0.3, -0.25) is 0 Å². The van der Waals surface area contributed by atoms with Gasteiger partial charge in [0, 0.05) is 5.56 Å². The summed E-state index contributed by atoms with van der Waals surface area (Å²) in [6.07, 6.45) is 0.813. The Labute approximate surface area is 102 Å². The molecule has 0 amide bonds. The largest absolute Gasteiger partial charge is 0.496 e. The number of aryl methyl sites for hydroxylation is 1. The first-order valence-corrected chi connectivity index (χ1v) is 5.76. The zero-order chi connectivity index (χ0) is 13.2. The normalized spacial score (nSPS) is 11.4. The SMILES string of the molecule is CCc1cc(C(=O)O)c(OC)c(C(C)(C)C)c1. The summed E-state index contributed by atoms with van der Waals surface area (Å²) in [4.78, 5) is 11.2. The molecule has 0 aromatic heterocycles. The van der Waals surface area contributed by atoms with E-state index in [-0.39, 0.29) is 11.0 Å². The van der Waals surface area contributed by atoms with Crippen LogP contribution in [0.25, 0.3) is 0 Å². The van der Waals surface area contributed by atoms with E-state index in [1.165, 1.54) is 7.11 Å². The third-order valence-corrected chi connectivity index (χ3v) is 2.80. The smallest absolute Gasteiger partial charge is 0.339 e. The molecule has 1 aromatic rings. The minimum atomic E-state index is -0.942. The van der Waals surface area contributed by atoms with Gasteiger partial charge in [0.15, 0.2) is 0 Å². The number of carbonyl (C=O) groups is 1. The van der Waals surface area contributed by atoms with E-state index < -0.39 is 5.97 Å². The van der Waals surface area contributed by atoms with Crippen molar-refractivity contribution >= 4 is 5.97 Å². The summed E-state index contributed by atoms with van der Waals surface area (Å²) in [5, 5.41) is 9.23. The average molecular weight is 236 g/mol. The minimum absolute atomic E-state index is 0.138. The van der Waals surface area contributed by atoms with Crippen molar-refractivity contribution in [2.24, 2.45) is 0 Å². The Hall–Kier alpha value is -1.51. The maximum Gasteiger partial charge on any atom is 0.339 e. The molecule has 0 heterocycles. The molecule has 0 aliphatic rings. The highest BCUT2D eigenvalue weighted by Crippen LogP contribution is 2.35. The summed E-state index contributed by atoms with van der Waals surface area (Å²) in [5.41, 5.74) is 2.07. The number of benzene rings is 1. The van der Waals surface area contributed by atoms with Gasteiger partial charge in [0.2, 0.25) is 0 Å². The Morgan fingerprint density at radius 1 is 1.35 bits per heavy atom. The predicted octanol–water partition coefficient (Wildman–Crippen LogP) is 3.25.